The number of nitrogens with one attached hydrogen (secondary N) is 1. The second-order valence-electron chi connectivity index (χ2n) is 3.13. The van der Waals surface area contributed by atoms with Gasteiger partial charge in [0.15, 0.2) is 6.10 Å². The molecule has 1 atom stereocenters. The molecule has 5 heteroatoms. The van der Waals surface area contributed by atoms with Gasteiger partial charge in [0, 0.05) is 5.56 Å². The zero-order chi connectivity index (χ0) is 12.9. The third kappa shape index (κ3) is 4.47. The Hall–Kier alpha value is -0.880. The molecular weight excluding hydrogens is 280 g/mol. The van der Waals surface area contributed by atoms with Gasteiger partial charge in [-0.25, -0.2) is 0 Å². The molecule has 17 heavy (non-hydrogen) atoms. The predicted molar refractivity (Wildman–Crippen MR) is 71.7 cm³/mol. The first-order valence-electron chi connectivity index (χ1n) is 4.74. The quantitative estimate of drug-likeness (QED) is 0.378. The van der Waals surface area contributed by atoms with Crippen LogP contribution in [0, 0.1) is 17.3 Å². The molecule has 1 N–H and O–H groups in total. The highest BCUT2D eigenvalue weighted by Crippen LogP contribution is 2.30. The summed E-state index contributed by atoms with van der Waals surface area (Å²) in [5.41, 5.74) is 0.806. The van der Waals surface area contributed by atoms with Gasteiger partial charge in [0.25, 0.3) is 3.79 Å². The SMILES string of the molecule is CC#CC(OC(=N)C(Cl)(Cl)Cl)c1ccccc1. The Kier molecular flexibility index (Phi) is 5.14. The summed E-state index contributed by atoms with van der Waals surface area (Å²) in [6.07, 6.45) is -0.607. The minimum atomic E-state index is -1.87. The Morgan fingerprint density at radius 2 is 1.88 bits per heavy atom. The van der Waals surface area contributed by atoms with Crippen LogP contribution in [0.4, 0.5) is 0 Å². The molecule has 0 radical (unpaired) electrons. The number of ether oxygens (including phenoxy) is 1. The maximum atomic E-state index is 7.51. The van der Waals surface area contributed by atoms with Crippen molar-refractivity contribution in [2.75, 3.05) is 0 Å². The van der Waals surface area contributed by atoms with Crippen molar-refractivity contribution in [1.82, 2.24) is 0 Å². The van der Waals surface area contributed by atoms with Crippen molar-refractivity contribution in [2.45, 2.75) is 16.8 Å². The lowest BCUT2D eigenvalue weighted by Crippen LogP contribution is -2.23. The van der Waals surface area contributed by atoms with E-state index in [9.17, 15) is 0 Å². The van der Waals surface area contributed by atoms with E-state index in [1.807, 2.05) is 30.3 Å². The van der Waals surface area contributed by atoms with Gasteiger partial charge < -0.3 is 4.74 Å². The molecule has 1 aromatic rings. The fraction of sp³-hybridized carbons (Fsp3) is 0.250. The summed E-state index contributed by atoms with van der Waals surface area (Å²) in [5, 5.41) is 7.51. The average Bonchev–Trinajstić information content (AvgIpc) is 2.28. The second kappa shape index (κ2) is 6.16. The van der Waals surface area contributed by atoms with E-state index in [0.717, 1.165) is 5.56 Å². The summed E-state index contributed by atoms with van der Waals surface area (Å²) >= 11 is 16.6. The molecule has 0 saturated carbocycles. The largest absolute Gasteiger partial charge is 0.457 e. The van der Waals surface area contributed by atoms with Crippen LogP contribution in [0.1, 0.15) is 18.6 Å². The molecule has 2 nitrogen and oxygen atoms in total. The number of alkyl halides is 3. The highest BCUT2D eigenvalue weighted by atomic mass is 35.6. The standard InChI is InChI=1S/C12H10Cl3NO/c1-2-6-10(9-7-4-3-5-8-9)17-11(16)12(13,14)15/h3-5,7-8,10,16H,1H3. The summed E-state index contributed by atoms with van der Waals surface area (Å²) in [7, 11) is 0. The lowest BCUT2D eigenvalue weighted by atomic mass is 10.1. The minimum absolute atomic E-state index is 0.445. The molecule has 90 valence electrons. The van der Waals surface area contributed by atoms with Crippen LogP contribution in [0.25, 0.3) is 0 Å². The molecule has 0 bridgehead atoms. The van der Waals surface area contributed by atoms with E-state index < -0.39 is 15.8 Å². The van der Waals surface area contributed by atoms with Crippen molar-refractivity contribution in [1.29, 1.82) is 5.41 Å². The fourth-order valence-electron chi connectivity index (χ4n) is 1.12. The number of hydrogen-bond acceptors (Lipinski definition) is 2. The third-order valence-corrected chi connectivity index (χ3v) is 2.39. The van der Waals surface area contributed by atoms with Gasteiger partial charge in [-0.3, -0.25) is 5.41 Å². The number of rotatable bonds is 2. The first kappa shape index (κ1) is 14.2. The fourth-order valence-corrected chi connectivity index (χ4v) is 1.26. The molecule has 1 aromatic carbocycles. The van der Waals surface area contributed by atoms with Crippen LogP contribution in [-0.2, 0) is 4.74 Å². The molecule has 1 unspecified atom stereocenters. The molecular formula is C12H10Cl3NO. The summed E-state index contributed by atoms with van der Waals surface area (Å²) in [4.78, 5) is 0. The molecule has 0 heterocycles. The molecule has 0 spiro atoms. The molecule has 0 amide bonds. The van der Waals surface area contributed by atoms with Crippen molar-refractivity contribution in [2.24, 2.45) is 0 Å². The lowest BCUT2D eigenvalue weighted by molar-refractivity contribution is 0.243. The van der Waals surface area contributed by atoms with Crippen LogP contribution in [-0.4, -0.2) is 9.69 Å². The monoisotopic (exact) mass is 289 g/mol. The lowest BCUT2D eigenvalue weighted by Gasteiger charge is -2.18. The van der Waals surface area contributed by atoms with Crippen LogP contribution in [0.5, 0.6) is 0 Å². The van der Waals surface area contributed by atoms with Gasteiger partial charge in [0.2, 0.25) is 5.90 Å². The Bertz CT molecular complexity index is 442. The van der Waals surface area contributed by atoms with E-state index in [2.05, 4.69) is 11.8 Å². The topological polar surface area (TPSA) is 33.1 Å². The predicted octanol–water partition coefficient (Wildman–Crippen LogP) is 4.12. The van der Waals surface area contributed by atoms with Crippen molar-refractivity contribution in [3.05, 3.63) is 35.9 Å². The first-order chi connectivity index (χ1) is 7.95. The van der Waals surface area contributed by atoms with Gasteiger partial charge in [0.05, 0.1) is 0 Å². The van der Waals surface area contributed by atoms with Gasteiger partial charge >= 0.3 is 0 Å². The minimum Gasteiger partial charge on any atom is -0.457 e. The number of benzene rings is 1. The first-order valence-corrected chi connectivity index (χ1v) is 5.88. The average molecular weight is 291 g/mol. The van der Waals surface area contributed by atoms with Crippen molar-refractivity contribution >= 4 is 40.7 Å². The highest BCUT2D eigenvalue weighted by molar-refractivity contribution is 6.76. The van der Waals surface area contributed by atoms with Crippen molar-refractivity contribution < 1.29 is 4.74 Å². The highest BCUT2D eigenvalue weighted by Gasteiger charge is 2.30. The molecule has 0 aliphatic carbocycles. The number of hydrogen-bond donors (Lipinski definition) is 1. The van der Waals surface area contributed by atoms with E-state index in [0.29, 0.717) is 0 Å². The zero-order valence-electron chi connectivity index (χ0n) is 9.01. The molecule has 1 rings (SSSR count). The molecule has 0 aromatic heterocycles. The maximum absolute atomic E-state index is 7.51. The Morgan fingerprint density at radius 1 is 1.29 bits per heavy atom. The third-order valence-electron chi connectivity index (χ3n) is 1.87. The van der Waals surface area contributed by atoms with E-state index in [1.165, 1.54) is 0 Å². The smallest absolute Gasteiger partial charge is 0.265 e. The summed E-state index contributed by atoms with van der Waals surface area (Å²) in [5.74, 6) is 5.09. The molecule has 0 aliphatic rings. The van der Waals surface area contributed by atoms with Gasteiger partial charge in [0.1, 0.15) is 0 Å². The summed E-state index contributed by atoms with van der Waals surface area (Å²) < 4.78 is 3.38. The normalized spacial score (nSPS) is 12.2. The summed E-state index contributed by atoms with van der Waals surface area (Å²) in [6, 6.07) is 9.24. The maximum Gasteiger partial charge on any atom is 0.265 e. The van der Waals surface area contributed by atoms with Gasteiger partial charge in [-0.2, -0.15) is 0 Å². The number of halogens is 3. The van der Waals surface area contributed by atoms with E-state index in [4.69, 9.17) is 44.9 Å². The van der Waals surface area contributed by atoms with E-state index in [-0.39, 0.29) is 0 Å². The van der Waals surface area contributed by atoms with Crippen LogP contribution < -0.4 is 0 Å². The van der Waals surface area contributed by atoms with Gasteiger partial charge in [-0.1, -0.05) is 71.1 Å². The van der Waals surface area contributed by atoms with Crippen LogP contribution in [0.3, 0.4) is 0 Å². The Balaban J connectivity index is 2.88. The van der Waals surface area contributed by atoms with Crippen molar-refractivity contribution in [3.63, 3.8) is 0 Å². The Morgan fingerprint density at radius 3 is 2.35 bits per heavy atom. The molecule has 0 saturated heterocycles. The van der Waals surface area contributed by atoms with Crippen LogP contribution in [0.2, 0.25) is 0 Å². The second-order valence-corrected chi connectivity index (χ2v) is 5.41. The van der Waals surface area contributed by atoms with E-state index >= 15 is 0 Å². The van der Waals surface area contributed by atoms with Gasteiger partial charge in [-0.05, 0) is 6.92 Å². The van der Waals surface area contributed by atoms with Crippen molar-refractivity contribution in [3.8, 4) is 11.8 Å². The Labute approximate surface area is 115 Å². The molecule has 0 aliphatic heterocycles. The van der Waals surface area contributed by atoms with Gasteiger partial charge in [-0.15, -0.1) is 5.92 Å². The van der Waals surface area contributed by atoms with Crippen LogP contribution in [0.15, 0.2) is 30.3 Å². The van der Waals surface area contributed by atoms with E-state index in [1.54, 1.807) is 6.92 Å². The molecule has 0 fully saturated rings. The zero-order valence-corrected chi connectivity index (χ0v) is 11.3. The van der Waals surface area contributed by atoms with Crippen LogP contribution >= 0.6 is 34.8 Å². The summed E-state index contributed by atoms with van der Waals surface area (Å²) in [6.45, 7) is 1.68.